The van der Waals surface area contributed by atoms with Crippen LogP contribution in [0.25, 0.3) is 0 Å². The number of nitrogens with zero attached hydrogens (tertiary/aromatic N) is 3. The van der Waals surface area contributed by atoms with E-state index in [1.807, 2.05) is 19.1 Å². The van der Waals surface area contributed by atoms with Crippen molar-refractivity contribution in [3.8, 4) is 11.8 Å². The minimum absolute atomic E-state index is 0.274. The van der Waals surface area contributed by atoms with Crippen LogP contribution in [0.5, 0.6) is 5.75 Å². The number of hydrogen-bond donors (Lipinski definition) is 2. The van der Waals surface area contributed by atoms with Crippen LogP contribution < -0.4 is 15.6 Å². The highest BCUT2D eigenvalue weighted by molar-refractivity contribution is 5.82. The zero-order valence-corrected chi connectivity index (χ0v) is 13.9. The minimum atomic E-state index is -0.562. The lowest BCUT2D eigenvalue weighted by Crippen LogP contribution is -2.43. The highest BCUT2D eigenvalue weighted by Gasteiger charge is 2.26. The number of fused-ring (bicyclic) bond motifs is 1. The van der Waals surface area contributed by atoms with E-state index in [1.54, 1.807) is 14.0 Å². The SMILES string of the molecule is Cc1ccc2c(c1)CCC(C(=O)NNc1c(C#N)c(C)nn1C)O2. The molecule has 1 aliphatic heterocycles. The number of hydrogen-bond acceptors (Lipinski definition) is 5. The first-order valence-corrected chi connectivity index (χ1v) is 7.75. The van der Waals surface area contributed by atoms with Crippen molar-refractivity contribution in [1.29, 1.82) is 5.26 Å². The standard InChI is InChI=1S/C17H19N5O2/c1-10-4-6-14-12(8-10)5-7-15(24-14)17(23)20-19-16-13(9-18)11(2)21-22(16)3/h4,6,8,15,19H,5,7H2,1-3H3,(H,20,23). The summed E-state index contributed by atoms with van der Waals surface area (Å²) >= 11 is 0. The van der Waals surface area contributed by atoms with Gasteiger partial charge in [0, 0.05) is 7.05 Å². The highest BCUT2D eigenvalue weighted by Crippen LogP contribution is 2.28. The van der Waals surface area contributed by atoms with Crippen LogP contribution >= 0.6 is 0 Å². The molecule has 0 aliphatic carbocycles. The number of amides is 1. The molecule has 2 N–H and O–H groups in total. The summed E-state index contributed by atoms with van der Waals surface area (Å²) in [7, 11) is 1.71. The van der Waals surface area contributed by atoms with Crippen molar-refractivity contribution in [1.82, 2.24) is 15.2 Å². The third-order valence-electron chi connectivity index (χ3n) is 4.09. The van der Waals surface area contributed by atoms with Crippen LogP contribution in [0.1, 0.15) is 28.8 Å². The molecule has 1 aromatic carbocycles. The summed E-state index contributed by atoms with van der Waals surface area (Å²) in [5.41, 5.74) is 8.71. The van der Waals surface area contributed by atoms with E-state index in [1.165, 1.54) is 10.2 Å². The van der Waals surface area contributed by atoms with E-state index < -0.39 is 6.10 Å². The number of nitriles is 1. The predicted molar refractivity (Wildman–Crippen MR) is 88.3 cm³/mol. The van der Waals surface area contributed by atoms with E-state index in [9.17, 15) is 10.1 Å². The third kappa shape index (κ3) is 2.91. The predicted octanol–water partition coefficient (Wildman–Crippen LogP) is 1.75. The molecule has 7 nitrogen and oxygen atoms in total. The molecule has 1 unspecified atom stereocenters. The summed E-state index contributed by atoms with van der Waals surface area (Å²) in [5.74, 6) is 0.931. The average Bonchev–Trinajstić information content (AvgIpc) is 2.84. The van der Waals surface area contributed by atoms with Gasteiger partial charge in [0.25, 0.3) is 5.91 Å². The second-order valence-corrected chi connectivity index (χ2v) is 5.92. The summed E-state index contributed by atoms with van der Waals surface area (Å²) in [5, 5.41) is 13.3. The van der Waals surface area contributed by atoms with E-state index in [0.717, 1.165) is 17.7 Å². The van der Waals surface area contributed by atoms with Gasteiger partial charge in [0.1, 0.15) is 17.4 Å². The molecule has 0 saturated carbocycles. The van der Waals surface area contributed by atoms with E-state index in [0.29, 0.717) is 23.5 Å². The van der Waals surface area contributed by atoms with Crippen molar-refractivity contribution in [2.75, 3.05) is 5.43 Å². The van der Waals surface area contributed by atoms with Gasteiger partial charge < -0.3 is 4.74 Å². The van der Waals surface area contributed by atoms with Crippen LogP contribution in [0.4, 0.5) is 5.82 Å². The molecular formula is C17H19N5O2. The molecule has 1 aromatic heterocycles. The molecule has 3 rings (SSSR count). The van der Waals surface area contributed by atoms with Gasteiger partial charge in [-0.15, -0.1) is 0 Å². The molecule has 0 radical (unpaired) electrons. The Morgan fingerprint density at radius 2 is 2.25 bits per heavy atom. The number of anilines is 1. The molecule has 1 atom stereocenters. The number of aryl methyl sites for hydroxylation is 4. The van der Waals surface area contributed by atoms with Crippen LogP contribution in [-0.2, 0) is 18.3 Å². The maximum absolute atomic E-state index is 12.4. The van der Waals surface area contributed by atoms with Crippen LogP contribution in [0.15, 0.2) is 18.2 Å². The third-order valence-corrected chi connectivity index (χ3v) is 4.09. The van der Waals surface area contributed by atoms with Gasteiger partial charge in [-0.2, -0.15) is 10.4 Å². The highest BCUT2D eigenvalue weighted by atomic mass is 16.5. The van der Waals surface area contributed by atoms with Gasteiger partial charge in [0.05, 0.1) is 5.69 Å². The van der Waals surface area contributed by atoms with E-state index >= 15 is 0 Å². The van der Waals surface area contributed by atoms with Crippen molar-refractivity contribution in [2.24, 2.45) is 7.05 Å². The molecule has 0 saturated heterocycles. The minimum Gasteiger partial charge on any atom is -0.480 e. The molecule has 0 fully saturated rings. The van der Waals surface area contributed by atoms with Crippen molar-refractivity contribution in [3.63, 3.8) is 0 Å². The van der Waals surface area contributed by atoms with Gasteiger partial charge >= 0.3 is 0 Å². The fraction of sp³-hybridized carbons (Fsp3) is 0.353. The lowest BCUT2D eigenvalue weighted by atomic mass is 10.00. The van der Waals surface area contributed by atoms with Crippen molar-refractivity contribution in [3.05, 3.63) is 40.6 Å². The number of aromatic nitrogens is 2. The van der Waals surface area contributed by atoms with E-state index in [-0.39, 0.29) is 5.91 Å². The Kier molecular flexibility index (Phi) is 4.13. The fourth-order valence-corrected chi connectivity index (χ4v) is 2.84. The number of carbonyl (C=O) groups is 1. The fourth-order valence-electron chi connectivity index (χ4n) is 2.84. The van der Waals surface area contributed by atoms with Crippen molar-refractivity contribution in [2.45, 2.75) is 32.8 Å². The quantitative estimate of drug-likeness (QED) is 0.839. The van der Waals surface area contributed by atoms with Crippen LogP contribution in [0.3, 0.4) is 0 Å². The number of hydrazine groups is 1. The van der Waals surface area contributed by atoms with Gasteiger partial charge in [-0.05, 0) is 38.3 Å². The van der Waals surface area contributed by atoms with Crippen LogP contribution in [0.2, 0.25) is 0 Å². The lowest BCUT2D eigenvalue weighted by Gasteiger charge is -2.25. The number of nitrogens with one attached hydrogen (secondary N) is 2. The van der Waals surface area contributed by atoms with Crippen LogP contribution in [0, 0.1) is 25.2 Å². The summed E-state index contributed by atoms with van der Waals surface area (Å²) in [4.78, 5) is 12.4. The molecule has 0 spiro atoms. The summed E-state index contributed by atoms with van der Waals surface area (Å²) in [6.45, 7) is 3.78. The molecule has 124 valence electrons. The Morgan fingerprint density at radius 3 is 3.00 bits per heavy atom. The topological polar surface area (TPSA) is 92.0 Å². The van der Waals surface area contributed by atoms with Gasteiger partial charge in [-0.25, -0.2) is 0 Å². The molecule has 1 aliphatic rings. The Bertz CT molecular complexity index is 834. The second kappa shape index (κ2) is 6.24. The van der Waals surface area contributed by atoms with Gasteiger partial charge in [-0.3, -0.25) is 20.3 Å². The molecular weight excluding hydrogens is 306 g/mol. The van der Waals surface area contributed by atoms with E-state index in [4.69, 9.17) is 4.74 Å². The number of benzene rings is 1. The molecule has 24 heavy (non-hydrogen) atoms. The molecule has 1 amide bonds. The van der Waals surface area contributed by atoms with Crippen molar-refractivity contribution < 1.29 is 9.53 Å². The Labute approximate surface area is 140 Å². The Hall–Kier alpha value is -3.01. The first kappa shape index (κ1) is 15.9. The molecule has 0 bridgehead atoms. The maximum Gasteiger partial charge on any atom is 0.279 e. The zero-order valence-electron chi connectivity index (χ0n) is 13.9. The first-order chi connectivity index (χ1) is 11.5. The monoisotopic (exact) mass is 325 g/mol. The lowest BCUT2D eigenvalue weighted by molar-refractivity contribution is -0.128. The van der Waals surface area contributed by atoms with E-state index in [2.05, 4.69) is 28.1 Å². The van der Waals surface area contributed by atoms with Gasteiger partial charge in [-0.1, -0.05) is 17.7 Å². The molecule has 7 heteroatoms. The Balaban J connectivity index is 1.67. The molecule has 2 aromatic rings. The van der Waals surface area contributed by atoms with Gasteiger partial charge in [0.15, 0.2) is 11.9 Å². The smallest absolute Gasteiger partial charge is 0.279 e. The zero-order chi connectivity index (χ0) is 17.3. The van der Waals surface area contributed by atoms with Crippen molar-refractivity contribution >= 4 is 11.7 Å². The number of ether oxygens (including phenoxy) is 1. The van der Waals surface area contributed by atoms with Crippen LogP contribution in [-0.4, -0.2) is 21.8 Å². The molecule has 2 heterocycles. The Morgan fingerprint density at radius 1 is 1.46 bits per heavy atom. The summed E-state index contributed by atoms with van der Waals surface area (Å²) in [6.07, 6.45) is 0.843. The largest absolute Gasteiger partial charge is 0.480 e. The summed E-state index contributed by atoms with van der Waals surface area (Å²) < 4.78 is 7.31. The number of rotatable bonds is 3. The summed E-state index contributed by atoms with van der Waals surface area (Å²) in [6, 6.07) is 8.03. The van der Waals surface area contributed by atoms with Gasteiger partial charge in [0.2, 0.25) is 0 Å². The normalized spacial score (nSPS) is 15.8. The number of carbonyl (C=O) groups excluding carboxylic acids is 1. The first-order valence-electron chi connectivity index (χ1n) is 7.75. The second-order valence-electron chi connectivity index (χ2n) is 5.92. The average molecular weight is 325 g/mol. The maximum atomic E-state index is 12.4.